The van der Waals surface area contributed by atoms with Crippen LogP contribution in [0.25, 0.3) is 10.4 Å². The number of benzene rings is 1. The molecule has 0 spiro atoms. The van der Waals surface area contributed by atoms with Gasteiger partial charge in [0.2, 0.25) is 10.0 Å². The van der Waals surface area contributed by atoms with E-state index >= 15 is 0 Å². The van der Waals surface area contributed by atoms with Crippen LogP contribution < -0.4 is 4.72 Å². The highest BCUT2D eigenvalue weighted by Gasteiger charge is 2.29. The average Bonchev–Trinajstić information content (AvgIpc) is 3.13. The van der Waals surface area contributed by atoms with Crippen LogP contribution in [0, 0.1) is 12.7 Å². The molecule has 1 fully saturated rings. The van der Waals surface area contributed by atoms with Crippen molar-refractivity contribution < 1.29 is 17.6 Å². The Hall–Kier alpha value is -1.77. The number of thiophene rings is 1. The summed E-state index contributed by atoms with van der Waals surface area (Å²) in [5, 5.41) is 0. The van der Waals surface area contributed by atoms with Gasteiger partial charge in [0, 0.05) is 24.0 Å². The summed E-state index contributed by atoms with van der Waals surface area (Å²) in [4.78, 5) is 15.9. The predicted molar refractivity (Wildman–Crippen MR) is 96.7 cm³/mol. The standard InChI is InChI=1S/C17H19FN2O3S2/c1-11-9-15(24-16(11)12-3-5-13(18)6-4-12)17(21)20-8-7-14(10-20)19-25(2,22)23/h3-6,9,14,19H,7-8,10H2,1-2H3. The Morgan fingerprint density at radius 1 is 1.32 bits per heavy atom. The molecule has 2 heterocycles. The molecule has 1 amide bonds. The number of halogens is 1. The van der Waals surface area contributed by atoms with Crippen molar-refractivity contribution >= 4 is 27.3 Å². The Kier molecular flexibility index (Phi) is 4.95. The predicted octanol–water partition coefficient (Wildman–Crippen LogP) is 2.63. The highest BCUT2D eigenvalue weighted by molar-refractivity contribution is 7.88. The van der Waals surface area contributed by atoms with Gasteiger partial charge >= 0.3 is 0 Å². The molecular weight excluding hydrogens is 363 g/mol. The molecule has 1 N–H and O–H groups in total. The molecule has 0 radical (unpaired) electrons. The van der Waals surface area contributed by atoms with Crippen molar-refractivity contribution in [3.05, 3.63) is 46.6 Å². The fraction of sp³-hybridized carbons (Fsp3) is 0.353. The van der Waals surface area contributed by atoms with Crippen LogP contribution in [0.15, 0.2) is 30.3 Å². The fourth-order valence-corrected chi connectivity index (χ4v) is 4.92. The molecule has 5 nitrogen and oxygen atoms in total. The van der Waals surface area contributed by atoms with E-state index in [1.807, 2.05) is 13.0 Å². The molecule has 0 saturated carbocycles. The van der Waals surface area contributed by atoms with Crippen LogP contribution in [0.3, 0.4) is 0 Å². The number of nitrogens with one attached hydrogen (secondary N) is 1. The molecule has 0 aliphatic carbocycles. The van der Waals surface area contributed by atoms with Gasteiger partial charge in [0.25, 0.3) is 5.91 Å². The van der Waals surface area contributed by atoms with Crippen molar-refractivity contribution in [2.45, 2.75) is 19.4 Å². The summed E-state index contributed by atoms with van der Waals surface area (Å²) in [5.74, 6) is -0.394. The van der Waals surface area contributed by atoms with Crippen LogP contribution in [0.2, 0.25) is 0 Å². The minimum Gasteiger partial charge on any atom is -0.336 e. The maximum atomic E-state index is 13.1. The van der Waals surface area contributed by atoms with Crippen molar-refractivity contribution in [1.82, 2.24) is 9.62 Å². The average molecular weight is 382 g/mol. The number of hydrogen-bond donors (Lipinski definition) is 1. The Labute approximate surface area is 150 Å². The molecule has 1 aliphatic heterocycles. The van der Waals surface area contributed by atoms with Crippen LogP contribution in [0.4, 0.5) is 4.39 Å². The summed E-state index contributed by atoms with van der Waals surface area (Å²) >= 11 is 1.38. The van der Waals surface area contributed by atoms with Crippen molar-refractivity contribution in [2.24, 2.45) is 0 Å². The number of aryl methyl sites for hydroxylation is 1. The van der Waals surface area contributed by atoms with E-state index in [-0.39, 0.29) is 17.8 Å². The van der Waals surface area contributed by atoms with Gasteiger partial charge < -0.3 is 4.90 Å². The van der Waals surface area contributed by atoms with Gasteiger partial charge in [-0.15, -0.1) is 11.3 Å². The number of sulfonamides is 1. The fourth-order valence-electron chi connectivity index (χ4n) is 2.97. The first-order valence-electron chi connectivity index (χ1n) is 7.86. The second-order valence-electron chi connectivity index (χ2n) is 6.26. The third-order valence-electron chi connectivity index (χ3n) is 4.09. The lowest BCUT2D eigenvalue weighted by atomic mass is 10.1. The molecule has 1 unspecified atom stereocenters. The zero-order valence-corrected chi connectivity index (χ0v) is 15.6. The van der Waals surface area contributed by atoms with Crippen LogP contribution in [0.5, 0.6) is 0 Å². The zero-order valence-electron chi connectivity index (χ0n) is 14.0. The van der Waals surface area contributed by atoms with E-state index in [0.717, 1.165) is 22.3 Å². The molecule has 25 heavy (non-hydrogen) atoms. The monoisotopic (exact) mass is 382 g/mol. The molecule has 1 aromatic heterocycles. The summed E-state index contributed by atoms with van der Waals surface area (Å²) < 4.78 is 38.3. The quantitative estimate of drug-likeness (QED) is 0.884. The first-order chi connectivity index (χ1) is 11.7. The summed E-state index contributed by atoms with van der Waals surface area (Å²) in [5.41, 5.74) is 1.84. The summed E-state index contributed by atoms with van der Waals surface area (Å²) in [6.45, 7) is 2.81. The number of carbonyl (C=O) groups excluding carboxylic acids is 1. The number of likely N-dealkylation sites (tertiary alicyclic amines) is 1. The van der Waals surface area contributed by atoms with E-state index in [9.17, 15) is 17.6 Å². The highest BCUT2D eigenvalue weighted by atomic mass is 32.2. The first-order valence-corrected chi connectivity index (χ1v) is 10.6. The lowest BCUT2D eigenvalue weighted by Crippen LogP contribution is -2.37. The zero-order chi connectivity index (χ0) is 18.2. The van der Waals surface area contributed by atoms with Crippen molar-refractivity contribution in [3.63, 3.8) is 0 Å². The third-order valence-corrected chi connectivity index (χ3v) is 6.13. The van der Waals surface area contributed by atoms with E-state index in [1.165, 1.54) is 23.5 Å². The topological polar surface area (TPSA) is 66.5 Å². The first kappa shape index (κ1) is 18.0. The summed E-state index contributed by atoms with van der Waals surface area (Å²) in [6, 6.07) is 7.80. The lowest BCUT2D eigenvalue weighted by Gasteiger charge is -2.15. The van der Waals surface area contributed by atoms with Gasteiger partial charge in [-0.1, -0.05) is 12.1 Å². The maximum Gasteiger partial charge on any atom is 0.264 e. The molecule has 1 aromatic carbocycles. The van der Waals surface area contributed by atoms with Gasteiger partial charge in [0.05, 0.1) is 11.1 Å². The Bertz CT molecular complexity index is 891. The second-order valence-corrected chi connectivity index (χ2v) is 9.09. The van der Waals surface area contributed by atoms with E-state index in [0.29, 0.717) is 24.4 Å². The lowest BCUT2D eigenvalue weighted by molar-refractivity contribution is 0.0795. The Morgan fingerprint density at radius 3 is 2.64 bits per heavy atom. The van der Waals surface area contributed by atoms with E-state index in [1.54, 1.807) is 17.0 Å². The molecule has 1 saturated heterocycles. The molecule has 3 rings (SSSR count). The van der Waals surface area contributed by atoms with Crippen molar-refractivity contribution in [3.8, 4) is 10.4 Å². The van der Waals surface area contributed by atoms with E-state index in [4.69, 9.17) is 0 Å². The molecule has 0 bridgehead atoms. The van der Waals surface area contributed by atoms with Crippen molar-refractivity contribution in [2.75, 3.05) is 19.3 Å². The SMILES string of the molecule is Cc1cc(C(=O)N2CCC(NS(C)(=O)=O)C2)sc1-c1ccc(F)cc1. The largest absolute Gasteiger partial charge is 0.336 e. The number of hydrogen-bond acceptors (Lipinski definition) is 4. The van der Waals surface area contributed by atoms with Crippen LogP contribution in [-0.2, 0) is 10.0 Å². The Morgan fingerprint density at radius 2 is 2.00 bits per heavy atom. The normalized spacial score (nSPS) is 17.9. The van der Waals surface area contributed by atoms with Crippen molar-refractivity contribution in [1.29, 1.82) is 0 Å². The number of nitrogens with zero attached hydrogens (tertiary/aromatic N) is 1. The van der Waals surface area contributed by atoms with Gasteiger partial charge in [0.1, 0.15) is 5.82 Å². The Balaban J connectivity index is 1.76. The maximum absolute atomic E-state index is 13.1. The second kappa shape index (κ2) is 6.86. The molecule has 2 aromatic rings. The summed E-state index contributed by atoms with van der Waals surface area (Å²) in [7, 11) is -3.28. The highest BCUT2D eigenvalue weighted by Crippen LogP contribution is 2.33. The molecule has 1 atom stereocenters. The van der Waals surface area contributed by atoms with E-state index in [2.05, 4.69) is 4.72 Å². The molecular formula is C17H19FN2O3S2. The van der Waals surface area contributed by atoms with Crippen LogP contribution in [-0.4, -0.2) is 44.6 Å². The molecule has 1 aliphatic rings. The molecule has 134 valence electrons. The summed E-state index contributed by atoms with van der Waals surface area (Å²) in [6.07, 6.45) is 1.73. The number of rotatable bonds is 4. The van der Waals surface area contributed by atoms with Gasteiger partial charge in [-0.05, 0) is 42.7 Å². The van der Waals surface area contributed by atoms with Crippen LogP contribution >= 0.6 is 11.3 Å². The van der Waals surface area contributed by atoms with Gasteiger partial charge in [-0.25, -0.2) is 17.5 Å². The smallest absolute Gasteiger partial charge is 0.264 e. The molecule has 8 heteroatoms. The number of amides is 1. The number of carbonyl (C=O) groups is 1. The van der Waals surface area contributed by atoms with E-state index < -0.39 is 10.0 Å². The minimum absolute atomic E-state index is 0.0979. The van der Waals surface area contributed by atoms with Crippen LogP contribution in [0.1, 0.15) is 21.7 Å². The van der Waals surface area contributed by atoms with Gasteiger partial charge in [0.15, 0.2) is 0 Å². The third kappa shape index (κ3) is 4.26. The minimum atomic E-state index is -3.28. The van der Waals surface area contributed by atoms with Gasteiger partial charge in [-0.2, -0.15) is 0 Å². The van der Waals surface area contributed by atoms with Gasteiger partial charge in [-0.3, -0.25) is 4.79 Å².